The minimum atomic E-state index is 0.761. The van der Waals surface area contributed by atoms with Crippen LogP contribution in [0.1, 0.15) is 45.1 Å². The first-order valence-electron chi connectivity index (χ1n) is 7.96. The van der Waals surface area contributed by atoms with Gasteiger partial charge in [0.2, 0.25) is 0 Å². The largest absolute Gasteiger partial charge is 0.316 e. The first-order valence-corrected chi connectivity index (χ1v) is 7.96. The summed E-state index contributed by atoms with van der Waals surface area (Å²) in [5.41, 5.74) is 1.35. The number of rotatable bonds is 11. The molecule has 3 nitrogen and oxygen atoms in total. The molecule has 1 rings (SSSR count). The van der Waals surface area contributed by atoms with E-state index in [-0.39, 0.29) is 0 Å². The van der Waals surface area contributed by atoms with Crippen LogP contribution >= 0.6 is 0 Å². The highest BCUT2D eigenvalue weighted by Crippen LogP contribution is 2.04. The molecule has 3 heteroatoms. The number of hydrogen-bond donors (Lipinski definition) is 1. The monoisotopic (exact) mass is 277 g/mol. The van der Waals surface area contributed by atoms with Crippen molar-refractivity contribution in [2.45, 2.75) is 46.1 Å². The van der Waals surface area contributed by atoms with E-state index >= 15 is 0 Å². The molecule has 1 aromatic rings. The summed E-state index contributed by atoms with van der Waals surface area (Å²) in [4.78, 5) is 6.45. The third kappa shape index (κ3) is 9.05. The molecule has 0 fully saturated rings. The molecule has 0 aliphatic carbocycles. The summed E-state index contributed by atoms with van der Waals surface area (Å²) in [7, 11) is 2.20. The maximum Gasteiger partial charge on any atom is 0.0271 e. The lowest BCUT2D eigenvalue weighted by Gasteiger charge is -2.16. The highest BCUT2D eigenvalue weighted by molar-refractivity contribution is 5.09. The van der Waals surface area contributed by atoms with Gasteiger partial charge in [0.15, 0.2) is 0 Å². The van der Waals surface area contributed by atoms with Crippen molar-refractivity contribution in [3.8, 4) is 0 Å². The molecule has 0 atom stereocenters. The molecule has 0 aromatic carbocycles. The number of nitrogens with one attached hydrogen (secondary N) is 1. The van der Waals surface area contributed by atoms with Gasteiger partial charge in [-0.25, -0.2) is 0 Å². The molecule has 1 aromatic heterocycles. The van der Waals surface area contributed by atoms with Crippen LogP contribution < -0.4 is 5.32 Å². The topological polar surface area (TPSA) is 28.2 Å². The fourth-order valence-corrected chi connectivity index (χ4v) is 2.25. The van der Waals surface area contributed by atoms with Crippen LogP contribution in [0.4, 0.5) is 0 Å². The molecule has 114 valence electrons. The van der Waals surface area contributed by atoms with Crippen molar-refractivity contribution in [2.24, 2.45) is 5.92 Å². The second-order valence-corrected chi connectivity index (χ2v) is 6.11. The Morgan fingerprint density at radius 2 is 1.80 bits per heavy atom. The van der Waals surface area contributed by atoms with E-state index in [9.17, 15) is 0 Å². The molecular weight excluding hydrogens is 246 g/mol. The predicted molar refractivity (Wildman–Crippen MR) is 86.7 cm³/mol. The third-order valence-electron chi connectivity index (χ3n) is 3.40. The van der Waals surface area contributed by atoms with E-state index in [0.717, 1.165) is 19.0 Å². The zero-order chi connectivity index (χ0) is 14.6. The smallest absolute Gasteiger partial charge is 0.0271 e. The molecule has 0 saturated carbocycles. The fourth-order valence-electron chi connectivity index (χ4n) is 2.25. The van der Waals surface area contributed by atoms with Crippen molar-refractivity contribution in [2.75, 3.05) is 26.7 Å². The molecule has 0 bridgehead atoms. The van der Waals surface area contributed by atoms with Gasteiger partial charge in [-0.2, -0.15) is 0 Å². The Labute approximate surface area is 124 Å². The summed E-state index contributed by atoms with van der Waals surface area (Å²) in [5, 5.41) is 3.50. The Bertz CT molecular complexity index is 324. The maximum atomic E-state index is 4.05. The molecule has 0 spiro atoms. The van der Waals surface area contributed by atoms with Crippen molar-refractivity contribution in [1.29, 1.82) is 0 Å². The molecular formula is C17H31N3. The molecule has 0 amide bonds. The number of aromatic nitrogens is 1. The Kier molecular flexibility index (Phi) is 9.25. The number of unbranched alkanes of at least 4 members (excludes halogenated alkanes) is 3. The molecule has 0 saturated heterocycles. The van der Waals surface area contributed by atoms with E-state index in [0.29, 0.717) is 0 Å². The third-order valence-corrected chi connectivity index (χ3v) is 3.40. The molecule has 0 aliphatic heterocycles. The predicted octanol–water partition coefficient (Wildman–Crippen LogP) is 3.32. The summed E-state index contributed by atoms with van der Waals surface area (Å²) in [5.74, 6) is 0.761. The van der Waals surface area contributed by atoms with Crippen molar-refractivity contribution in [3.63, 3.8) is 0 Å². The summed E-state index contributed by atoms with van der Waals surface area (Å²) in [6.07, 6.45) is 9.02. The van der Waals surface area contributed by atoms with Gasteiger partial charge in [-0.15, -0.1) is 0 Å². The Morgan fingerprint density at radius 3 is 2.50 bits per heavy atom. The van der Waals surface area contributed by atoms with E-state index in [1.807, 2.05) is 12.4 Å². The second-order valence-electron chi connectivity index (χ2n) is 6.11. The van der Waals surface area contributed by atoms with Crippen LogP contribution in [0.3, 0.4) is 0 Å². The van der Waals surface area contributed by atoms with Crippen LogP contribution in [0, 0.1) is 5.92 Å². The first-order chi connectivity index (χ1) is 9.68. The average Bonchev–Trinajstić information content (AvgIpc) is 2.42. The summed E-state index contributed by atoms with van der Waals surface area (Å²) < 4.78 is 0. The van der Waals surface area contributed by atoms with Crippen LogP contribution in [0.25, 0.3) is 0 Å². The van der Waals surface area contributed by atoms with Crippen LogP contribution in [0.2, 0.25) is 0 Å². The van der Waals surface area contributed by atoms with Gasteiger partial charge in [0.05, 0.1) is 0 Å². The first kappa shape index (κ1) is 17.1. The number of hydrogen-bond acceptors (Lipinski definition) is 3. The Morgan fingerprint density at radius 1 is 1.10 bits per heavy atom. The van der Waals surface area contributed by atoms with Crippen LogP contribution in [-0.2, 0) is 6.54 Å². The van der Waals surface area contributed by atoms with Gasteiger partial charge in [0.1, 0.15) is 0 Å². The van der Waals surface area contributed by atoms with Gasteiger partial charge in [0.25, 0.3) is 0 Å². The minimum absolute atomic E-state index is 0.761. The lowest BCUT2D eigenvalue weighted by Crippen LogP contribution is -2.21. The number of pyridine rings is 1. The molecule has 1 N–H and O–H groups in total. The summed E-state index contributed by atoms with van der Waals surface area (Å²) in [6, 6.07) is 4.19. The molecule has 0 radical (unpaired) electrons. The summed E-state index contributed by atoms with van der Waals surface area (Å²) in [6.45, 7) is 9.04. The molecule has 0 aliphatic rings. The van der Waals surface area contributed by atoms with Crippen LogP contribution in [0.5, 0.6) is 0 Å². The quantitative estimate of drug-likeness (QED) is 0.629. The van der Waals surface area contributed by atoms with E-state index in [4.69, 9.17) is 0 Å². The van der Waals surface area contributed by atoms with Crippen molar-refractivity contribution in [3.05, 3.63) is 30.1 Å². The SMILES string of the molecule is CC(C)CNCCCCCCN(C)Cc1ccncc1. The zero-order valence-electron chi connectivity index (χ0n) is 13.4. The molecule has 0 unspecified atom stereocenters. The average molecular weight is 277 g/mol. The van der Waals surface area contributed by atoms with Crippen LogP contribution in [-0.4, -0.2) is 36.6 Å². The van der Waals surface area contributed by atoms with Gasteiger partial charge in [-0.05, 0) is 63.1 Å². The van der Waals surface area contributed by atoms with Gasteiger partial charge in [0, 0.05) is 18.9 Å². The lowest BCUT2D eigenvalue weighted by atomic mass is 10.1. The van der Waals surface area contributed by atoms with Crippen molar-refractivity contribution in [1.82, 2.24) is 15.2 Å². The summed E-state index contributed by atoms with van der Waals surface area (Å²) >= 11 is 0. The van der Waals surface area contributed by atoms with Crippen LogP contribution in [0.15, 0.2) is 24.5 Å². The zero-order valence-corrected chi connectivity index (χ0v) is 13.4. The van der Waals surface area contributed by atoms with Gasteiger partial charge < -0.3 is 10.2 Å². The standard InChI is InChI=1S/C17H31N3/c1-16(2)14-19-10-6-4-5-7-13-20(3)15-17-8-11-18-12-9-17/h8-9,11-12,16,19H,4-7,10,13-15H2,1-3H3. The highest BCUT2D eigenvalue weighted by atomic mass is 15.1. The van der Waals surface area contributed by atoms with Gasteiger partial charge in [-0.3, -0.25) is 4.98 Å². The molecule has 20 heavy (non-hydrogen) atoms. The Balaban J connectivity index is 1.93. The number of nitrogens with zero attached hydrogens (tertiary/aromatic N) is 2. The van der Waals surface area contributed by atoms with E-state index < -0.39 is 0 Å². The van der Waals surface area contributed by atoms with Crippen molar-refractivity contribution < 1.29 is 0 Å². The van der Waals surface area contributed by atoms with E-state index in [1.165, 1.54) is 44.3 Å². The normalized spacial score (nSPS) is 11.4. The van der Waals surface area contributed by atoms with E-state index in [2.05, 4.69) is 48.2 Å². The van der Waals surface area contributed by atoms with E-state index in [1.54, 1.807) is 0 Å². The van der Waals surface area contributed by atoms with Gasteiger partial charge >= 0.3 is 0 Å². The Hall–Kier alpha value is -0.930. The fraction of sp³-hybridized carbons (Fsp3) is 0.706. The van der Waals surface area contributed by atoms with Gasteiger partial charge in [-0.1, -0.05) is 26.7 Å². The second kappa shape index (κ2) is 10.8. The molecule has 1 heterocycles. The highest BCUT2D eigenvalue weighted by Gasteiger charge is 2.00. The minimum Gasteiger partial charge on any atom is -0.316 e. The maximum absolute atomic E-state index is 4.05. The van der Waals surface area contributed by atoms with Crippen molar-refractivity contribution >= 4 is 0 Å². The lowest BCUT2D eigenvalue weighted by molar-refractivity contribution is 0.316.